The number of amides is 1. The monoisotopic (exact) mass is 439 g/mol. The van der Waals surface area contributed by atoms with Gasteiger partial charge in [0.25, 0.3) is 10.0 Å². The number of hydrogen-bond acceptors (Lipinski definition) is 6. The van der Waals surface area contributed by atoms with Crippen molar-refractivity contribution in [2.24, 2.45) is 5.92 Å². The third kappa shape index (κ3) is 4.33. The molecule has 4 rings (SSSR count). The van der Waals surface area contributed by atoms with Gasteiger partial charge >= 0.3 is 0 Å². The minimum Gasteiger partial charge on any atom is -0.340 e. The molecule has 152 valence electrons. The summed E-state index contributed by atoms with van der Waals surface area (Å²) in [5.41, 5.74) is 1.33. The molecule has 0 aliphatic carbocycles. The van der Waals surface area contributed by atoms with Gasteiger partial charge in [0.05, 0.1) is 5.92 Å². The largest absolute Gasteiger partial charge is 0.340 e. The van der Waals surface area contributed by atoms with E-state index in [1.165, 1.54) is 21.2 Å². The van der Waals surface area contributed by atoms with E-state index in [4.69, 9.17) is 0 Å². The predicted molar refractivity (Wildman–Crippen MR) is 112 cm³/mol. The fourth-order valence-corrected chi connectivity index (χ4v) is 7.25. The average Bonchev–Trinajstić information content (AvgIpc) is 3.43. The van der Waals surface area contributed by atoms with Crippen molar-refractivity contribution < 1.29 is 13.2 Å². The van der Waals surface area contributed by atoms with Crippen molar-refractivity contribution in [1.29, 1.82) is 0 Å². The summed E-state index contributed by atoms with van der Waals surface area (Å²) in [6, 6.07) is 5.53. The van der Waals surface area contributed by atoms with Crippen LogP contribution in [0.4, 0.5) is 0 Å². The molecule has 2 aromatic heterocycles. The van der Waals surface area contributed by atoms with Gasteiger partial charge in [-0.15, -0.1) is 11.3 Å². The van der Waals surface area contributed by atoms with Crippen LogP contribution in [0.15, 0.2) is 38.5 Å². The van der Waals surface area contributed by atoms with E-state index in [1.807, 2.05) is 4.90 Å². The van der Waals surface area contributed by atoms with Crippen LogP contribution in [0.1, 0.15) is 18.4 Å². The van der Waals surface area contributed by atoms with Crippen LogP contribution in [-0.2, 0) is 21.4 Å². The Morgan fingerprint density at radius 2 is 1.93 bits per heavy atom. The van der Waals surface area contributed by atoms with Gasteiger partial charge in [-0.2, -0.15) is 15.6 Å². The van der Waals surface area contributed by atoms with Crippen LogP contribution in [-0.4, -0.2) is 67.7 Å². The summed E-state index contributed by atoms with van der Waals surface area (Å²) in [7, 11) is -3.48. The van der Waals surface area contributed by atoms with Crippen molar-refractivity contribution in [1.82, 2.24) is 14.1 Å². The molecule has 0 saturated carbocycles. The fraction of sp³-hybridized carbons (Fsp3) is 0.526. The Morgan fingerprint density at radius 3 is 2.61 bits per heavy atom. The maximum Gasteiger partial charge on any atom is 0.252 e. The van der Waals surface area contributed by atoms with E-state index in [9.17, 15) is 13.2 Å². The summed E-state index contributed by atoms with van der Waals surface area (Å²) in [4.78, 5) is 17.3. The lowest BCUT2D eigenvalue weighted by Crippen LogP contribution is -2.52. The van der Waals surface area contributed by atoms with Crippen molar-refractivity contribution in [3.8, 4) is 0 Å². The first-order valence-corrected chi connectivity index (χ1v) is 12.9. The number of sulfonamides is 1. The molecular formula is C19H25N3O3S3. The van der Waals surface area contributed by atoms with E-state index >= 15 is 0 Å². The van der Waals surface area contributed by atoms with E-state index in [1.54, 1.807) is 28.8 Å². The van der Waals surface area contributed by atoms with Gasteiger partial charge in [0, 0.05) is 45.8 Å². The summed E-state index contributed by atoms with van der Waals surface area (Å²) in [6.07, 6.45) is 1.50. The molecule has 0 radical (unpaired) electrons. The third-order valence-electron chi connectivity index (χ3n) is 5.49. The van der Waals surface area contributed by atoms with Crippen LogP contribution in [0.3, 0.4) is 0 Å². The lowest BCUT2D eigenvalue weighted by molar-refractivity contribution is -0.138. The molecule has 0 N–H and O–H groups in total. The van der Waals surface area contributed by atoms with Gasteiger partial charge in [-0.05, 0) is 46.7 Å². The number of piperidine rings is 1. The summed E-state index contributed by atoms with van der Waals surface area (Å²) in [5, 5.41) is 6.03. The number of carbonyl (C=O) groups excluding carboxylic acids is 1. The minimum absolute atomic E-state index is 0.112. The van der Waals surface area contributed by atoms with E-state index < -0.39 is 10.0 Å². The number of thiophene rings is 2. The Morgan fingerprint density at radius 1 is 1.11 bits per heavy atom. The molecule has 2 aliphatic heterocycles. The highest BCUT2D eigenvalue weighted by Crippen LogP contribution is 2.27. The molecule has 9 heteroatoms. The van der Waals surface area contributed by atoms with Gasteiger partial charge in [-0.25, -0.2) is 8.42 Å². The van der Waals surface area contributed by atoms with Gasteiger partial charge < -0.3 is 4.90 Å². The standard InChI is InChI=1S/C19H25N3O3S3/c23-19(21-9-7-20(8-10-21)13-16-5-12-26-15-16)17-3-1-6-22(14-17)28(24,25)18-4-2-11-27-18/h2,4-5,11-12,15,17H,1,3,6-10,13-14H2/t17-/m1/s1. The number of hydrogen-bond donors (Lipinski definition) is 0. The zero-order chi connectivity index (χ0) is 19.6. The summed E-state index contributed by atoms with van der Waals surface area (Å²) in [5.74, 6) is -0.117. The van der Waals surface area contributed by atoms with E-state index in [-0.39, 0.29) is 11.8 Å². The molecule has 0 aromatic carbocycles. The first-order valence-electron chi connectivity index (χ1n) is 9.60. The first-order chi connectivity index (χ1) is 13.5. The summed E-state index contributed by atoms with van der Waals surface area (Å²) in [6.45, 7) is 4.90. The van der Waals surface area contributed by atoms with Crippen LogP contribution >= 0.6 is 22.7 Å². The fourth-order valence-electron chi connectivity index (χ4n) is 3.93. The Kier molecular flexibility index (Phi) is 6.17. The summed E-state index contributed by atoms with van der Waals surface area (Å²) < 4.78 is 27.4. The Labute approximate surface area is 174 Å². The normalized spacial score (nSPS) is 22.4. The highest BCUT2D eigenvalue weighted by atomic mass is 32.2. The molecule has 28 heavy (non-hydrogen) atoms. The molecule has 1 amide bonds. The second-order valence-electron chi connectivity index (χ2n) is 7.37. The molecule has 2 fully saturated rings. The molecule has 2 saturated heterocycles. The second kappa shape index (κ2) is 8.62. The van der Waals surface area contributed by atoms with Gasteiger partial charge in [-0.1, -0.05) is 6.07 Å². The van der Waals surface area contributed by atoms with Crippen LogP contribution < -0.4 is 0 Å². The molecule has 2 aliphatic rings. The van der Waals surface area contributed by atoms with Crippen molar-refractivity contribution >= 4 is 38.6 Å². The first kappa shape index (κ1) is 20.0. The number of piperazine rings is 1. The minimum atomic E-state index is -3.48. The Hall–Kier alpha value is -1.26. The SMILES string of the molecule is O=C([C@@H]1CCCN(S(=O)(=O)c2cccs2)C1)N1CCN(Cc2ccsc2)CC1. The predicted octanol–water partition coefficient (Wildman–Crippen LogP) is 2.55. The van der Waals surface area contributed by atoms with Gasteiger partial charge in [-0.3, -0.25) is 9.69 Å². The number of nitrogens with zero attached hydrogens (tertiary/aromatic N) is 3. The molecule has 1 atom stereocenters. The topological polar surface area (TPSA) is 60.9 Å². The lowest BCUT2D eigenvalue weighted by atomic mass is 9.97. The van der Waals surface area contributed by atoms with Crippen molar-refractivity contribution in [2.45, 2.75) is 23.6 Å². The average molecular weight is 440 g/mol. The van der Waals surface area contributed by atoms with E-state index in [0.29, 0.717) is 17.3 Å². The van der Waals surface area contributed by atoms with Crippen LogP contribution in [0, 0.1) is 5.92 Å². The van der Waals surface area contributed by atoms with E-state index in [2.05, 4.69) is 21.7 Å². The molecule has 0 bridgehead atoms. The molecule has 4 heterocycles. The Bertz CT molecular complexity index is 873. The summed E-state index contributed by atoms with van der Waals surface area (Å²) >= 11 is 2.94. The zero-order valence-electron chi connectivity index (χ0n) is 15.7. The molecule has 0 spiro atoms. The van der Waals surface area contributed by atoms with Gasteiger partial charge in [0.1, 0.15) is 4.21 Å². The smallest absolute Gasteiger partial charge is 0.252 e. The Balaban J connectivity index is 1.33. The van der Waals surface area contributed by atoms with Gasteiger partial charge in [0.15, 0.2) is 0 Å². The zero-order valence-corrected chi connectivity index (χ0v) is 18.1. The number of carbonyl (C=O) groups is 1. The van der Waals surface area contributed by atoms with Crippen molar-refractivity contribution in [3.63, 3.8) is 0 Å². The van der Waals surface area contributed by atoms with E-state index in [0.717, 1.165) is 45.6 Å². The highest BCUT2D eigenvalue weighted by Gasteiger charge is 2.36. The van der Waals surface area contributed by atoms with Crippen LogP contribution in [0.2, 0.25) is 0 Å². The van der Waals surface area contributed by atoms with Crippen LogP contribution in [0.5, 0.6) is 0 Å². The molecule has 2 aromatic rings. The van der Waals surface area contributed by atoms with Crippen LogP contribution in [0.25, 0.3) is 0 Å². The highest BCUT2D eigenvalue weighted by molar-refractivity contribution is 7.91. The van der Waals surface area contributed by atoms with Gasteiger partial charge in [0.2, 0.25) is 5.91 Å². The third-order valence-corrected chi connectivity index (χ3v) is 9.46. The lowest BCUT2D eigenvalue weighted by Gasteiger charge is -2.38. The molecule has 0 unspecified atom stereocenters. The molecule has 6 nitrogen and oxygen atoms in total. The second-order valence-corrected chi connectivity index (χ2v) is 11.3. The van der Waals surface area contributed by atoms with Crippen molar-refractivity contribution in [2.75, 3.05) is 39.3 Å². The molecular weight excluding hydrogens is 414 g/mol. The maximum atomic E-state index is 13.0. The number of rotatable bonds is 5. The van der Waals surface area contributed by atoms with Crippen molar-refractivity contribution in [3.05, 3.63) is 39.9 Å². The quantitative estimate of drug-likeness (QED) is 0.718. The maximum absolute atomic E-state index is 13.0.